The fourth-order valence-electron chi connectivity index (χ4n) is 8.97. The lowest BCUT2D eigenvalue weighted by atomic mass is 10.0. The molecule has 370 valence electrons. The molecule has 2 aliphatic heterocycles. The molecule has 0 saturated carbocycles. The average Bonchev–Trinajstić information content (AvgIpc) is 4.18. The zero-order chi connectivity index (χ0) is 51.0. The van der Waals surface area contributed by atoms with E-state index in [4.69, 9.17) is 19.4 Å². The van der Waals surface area contributed by atoms with E-state index in [9.17, 15) is 26.3 Å². The Hall–Kier alpha value is -7.42. The highest BCUT2D eigenvalue weighted by Crippen LogP contribution is 2.41. The van der Waals surface area contributed by atoms with Crippen LogP contribution in [0.1, 0.15) is 46.7 Å². The number of aromatic amines is 2. The van der Waals surface area contributed by atoms with Crippen molar-refractivity contribution in [3.63, 3.8) is 0 Å². The number of nitrogens with one attached hydrogen (secondary N) is 2. The van der Waals surface area contributed by atoms with Gasteiger partial charge in [0, 0.05) is 57.2 Å². The summed E-state index contributed by atoms with van der Waals surface area (Å²) < 4.78 is 97.6. The minimum absolute atomic E-state index is 0.505. The van der Waals surface area contributed by atoms with Gasteiger partial charge < -0.3 is 28.4 Å². The van der Waals surface area contributed by atoms with Crippen LogP contribution in [-0.2, 0) is 12.4 Å². The first-order chi connectivity index (χ1) is 34.2. The van der Waals surface area contributed by atoms with Crippen molar-refractivity contribution in [1.29, 1.82) is 0 Å². The normalized spacial score (nSPS) is 12.9. The first kappa shape index (κ1) is 49.6. The molecule has 7 aromatic rings. The van der Waals surface area contributed by atoms with Gasteiger partial charge in [-0.2, -0.15) is 26.3 Å². The Labute approximate surface area is 414 Å². The third kappa shape index (κ3) is 11.4. The molecule has 8 bridgehead atoms. The molecule has 0 atom stereocenters. The van der Waals surface area contributed by atoms with Crippen molar-refractivity contribution in [2.24, 2.45) is 0 Å². The largest absolute Gasteiger partial charge is 0.493 e. The summed E-state index contributed by atoms with van der Waals surface area (Å²) in [5.41, 5.74) is 8.23. The van der Waals surface area contributed by atoms with E-state index in [0.29, 0.717) is 103 Å². The van der Waals surface area contributed by atoms with Gasteiger partial charge in [0.2, 0.25) is 0 Å². The van der Waals surface area contributed by atoms with E-state index in [0.717, 1.165) is 70.3 Å². The maximum absolute atomic E-state index is 13.9. The van der Waals surface area contributed by atoms with E-state index in [1.54, 1.807) is 0 Å². The van der Waals surface area contributed by atoms with Crippen LogP contribution in [0.15, 0.2) is 121 Å². The van der Waals surface area contributed by atoms with Crippen molar-refractivity contribution in [2.45, 2.75) is 25.2 Å². The van der Waals surface area contributed by atoms with Crippen LogP contribution >= 0.6 is 0 Å². The number of H-pyrrole nitrogens is 2. The van der Waals surface area contributed by atoms with Crippen molar-refractivity contribution < 1.29 is 44.8 Å². The highest BCUT2D eigenvalue weighted by molar-refractivity contribution is 6.00. The monoisotopic (exact) mass is 982 g/mol. The molecule has 8 nitrogen and oxygen atoms in total. The molecule has 3 aromatic heterocycles. The summed E-state index contributed by atoms with van der Waals surface area (Å²) in [6.07, 6.45) is 0.115. The van der Waals surface area contributed by atoms with E-state index < -0.39 is 23.5 Å². The quantitative estimate of drug-likeness (QED) is 0.0647. The summed E-state index contributed by atoms with van der Waals surface area (Å²) in [4.78, 5) is 17.7. The number of rotatable bonds is 14. The van der Waals surface area contributed by atoms with E-state index in [-0.39, 0.29) is 0 Å². The first-order valence-corrected chi connectivity index (χ1v) is 23.8. The molecule has 0 saturated heterocycles. The molecule has 4 aromatic carbocycles. The Morgan fingerprint density at radius 3 is 0.903 bits per heavy atom. The van der Waals surface area contributed by atoms with Gasteiger partial charge in [-0.25, -0.2) is 9.97 Å². The predicted octanol–water partition coefficient (Wildman–Crippen LogP) is 14.3. The number of benzene rings is 4. The minimum Gasteiger partial charge on any atom is -0.493 e. The van der Waals surface area contributed by atoms with Crippen molar-refractivity contribution in [3.8, 4) is 56.0 Å². The summed E-state index contributed by atoms with van der Waals surface area (Å²) in [6, 6.07) is 33.1. The lowest BCUT2D eigenvalue weighted by Crippen LogP contribution is -2.36. The lowest BCUT2D eigenvalue weighted by molar-refractivity contribution is -0.870. The smallest absolute Gasteiger partial charge is 0.416 e. The summed E-state index contributed by atoms with van der Waals surface area (Å²) in [7, 11) is 12.8. The number of fused-ring (bicyclic) bond motifs is 8. The molecular weight excluding hydrogens is 927 g/mol. The van der Waals surface area contributed by atoms with Crippen LogP contribution in [0.25, 0.3) is 90.9 Å². The maximum atomic E-state index is 13.9. The second kappa shape index (κ2) is 19.6. The number of hydrogen-bond acceptors (Lipinski definition) is 4. The van der Waals surface area contributed by atoms with Crippen molar-refractivity contribution >= 4 is 46.4 Å². The summed E-state index contributed by atoms with van der Waals surface area (Å²) in [5, 5.41) is 0. The first-order valence-electron chi connectivity index (χ1n) is 23.8. The SMILES string of the molecule is C[N+](C)(C)CCCOc1ccc(-c2c3nc(c(-c4ccc(C(F)(F)F)cc4)c4ccc([nH]4)c(-c4ccc(OCCC[N+](C)(C)C)cc4)c4nc(c(-c5ccc(C(F)(F)F)cc5)c5ccc2[nH]5)C=C4)C=C3)cc1. The van der Waals surface area contributed by atoms with Crippen LogP contribution in [0.5, 0.6) is 11.5 Å². The standard InChI is InChI=1S/C58H56F6N6O2/c1-69(2,3)33-7-35-71-43-21-13-39(14-22-43)55-49-29-25-45(65-49)53(37-9-17-41(18-10-37)57(59,60)61)47-27-31-51(67-47)56(40-15-23-44(24-16-40)72-36-8-34-70(4,5)6)52-32-28-48(68-52)54(46-26-30-50(55)66-46)38-11-19-42(20-12-38)58(62,63)64/h9-32,65,68H,7-8,33-36H2,1-6H3/q+2. The highest BCUT2D eigenvalue weighted by atomic mass is 19.4. The highest BCUT2D eigenvalue weighted by Gasteiger charge is 2.31. The fraction of sp³-hybridized carbons (Fsp3) is 0.241. The van der Waals surface area contributed by atoms with Gasteiger partial charge in [0.05, 0.1) is 102 Å². The molecule has 0 aliphatic carbocycles. The summed E-state index contributed by atoms with van der Waals surface area (Å²) in [5.74, 6) is 1.39. The molecule has 2 N–H and O–H groups in total. The van der Waals surface area contributed by atoms with Crippen LogP contribution in [0.4, 0.5) is 26.3 Å². The second-order valence-electron chi connectivity index (χ2n) is 20.1. The molecule has 0 fully saturated rings. The number of aromatic nitrogens is 4. The van der Waals surface area contributed by atoms with Gasteiger partial charge in [0.1, 0.15) is 11.5 Å². The van der Waals surface area contributed by atoms with Crippen molar-refractivity contribution in [3.05, 3.63) is 155 Å². The third-order valence-corrected chi connectivity index (χ3v) is 12.5. The third-order valence-electron chi connectivity index (χ3n) is 12.5. The number of nitrogens with zero attached hydrogens (tertiary/aromatic N) is 4. The van der Waals surface area contributed by atoms with E-state index >= 15 is 0 Å². The van der Waals surface area contributed by atoms with Crippen LogP contribution in [-0.4, -0.2) is 97.5 Å². The number of quaternary nitrogens is 2. The Balaban J connectivity index is 1.29. The Morgan fingerprint density at radius 1 is 0.389 bits per heavy atom. The van der Waals surface area contributed by atoms with Gasteiger partial charge in [0.25, 0.3) is 0 Å². The lowest BCUT2D eigenvalue weighted by Gasteiger charge is -2.23. The minimum atomic E-state index is -4.54. The molecule has 5 heterocycles. The number of ether oxygens (including phenoxy) is 2. The van der Waals surface area contributed by atoms with Gasteiger partial charge in [-0.15, -0.1) is 0 Å². The number of halogens is 6. The van der Waals surface area contributed by atoms with Crippen molar-refractivity contribution in [1.82, 2.24) is 19.9 Å². The fourth-order valence-corrected chi connectivity index (χ4v) is 8.97. The van der Waals surface area contributed by atoms with Crippen LogP contribution in [0, 0.1) is 0 Å². The van der Waals surface area contributed by atoms with E-state index in [1.807, 2.05) is 97.1 Å². The molecule has 72 heavy (non-hydrogen) atoms. The maximum Gasteiger partial charge on any atom is 0.416 e. The molecule has 0 amide bonds. The number of hydrogen-bond donors (Lipinski definition) is 2. The number of alkyl halides is 6. The molecule has 0 spiro atoms. The van der Waals surface area contributed by atoms with Crippen LogP contribution < -0.4 is 9.47 Å². The molecule has 0 radical (unpaired) electrons. The van der Waals surface area contributed by atoms with E-state index in [1.165, 1.54) is 24.3 Å². The van der Waals surface area contributed by atoms with Crippen molar-refractivity contribution in [2.75, 3.05) is 68.6 Å². The second-order valence-corrected chi connectivity index (χ2v) is 20.1. The van der Waals surface area contributed by atoms with Gasteiger partial charge in [-0.1, -0.05) is 48.5 Å². The van der Waals surface area contributed by atoms with Crippen LogP contribution in [0.3, 0.4) is 0 Å². The van der Waals surface area contributed by atoms with Gasteiger partial charge in [0.15, 0.2) is 0 Å². The summed E-state index contributed by atoms with van der Waals surface area (Å²) in [6.45, 7) is 2.97. The Kier molecular flexibility index (Phi) is 13.5. The van der Waals surface area contributed by atoms with Gasteiger partial charge in [-0.05, 0) is 119 Å². The predicted molar refractivity (Wildman–Crippen MR) is 277 cm³/mol. The molecule has 9 rings (SSSR count). The molecular formula is C58H56F6N6O2+2. The van der Waals surface area contributed by atoms with Gasteiger partial charge >= 0.3 is 12.4 Å². The average molecular weight is 983 g/mol. The van der Waals surface area contributed by atoms with E-state index in [2.05, 4.69) is 52.3 Å². The van der Waals surface area contributed by atoms with Gasteiger partial charge in [-0.3, -0.25) is 0 Å². The zero-order valence-electron chi connectivity index (χ0n) is 41.0. The Bertz CT molecular complexity index is 3090. The topological polar surface area (TPSA) is 75.8 Å². The summed E-state index contributed by atoms with van der Waals surface area (Å²) >= 11 is 0. The molecule has 2 aliphatic rings. The molecule has 14 heteroatoms. The Morgan fingerprint density at radius 2 is 0.653 bits per heavy atom. The molecule has 0 unspecified atom stereocenters. The van der Waals surface area contributed by atoms with Crippen LogP contribution in [0.2, 0.25) is 0 Å². The zero-order valence-corrected chi connectivity index (χ0v) is 41.0.